The summed E-state index contributed by atoms with van der Waals surface area (Å²) in [4.78, 5) is 0. The first-order valence-corrected chi connectivity index (χ1v) is 10.7. The number of hydrogen-bond donors (Lipinski definition) is 1. The molecular weight excluding hydrogens is 406 g/mol. The highest BCUT2D eigenvalue weighted by Crippen LogP contribution is 2.37. The maximum absolute atomic E-state index is 6.59. The summed E-state index contributed by atoms with van der Waals surface area (Å²) in [5.74, 6) is 1.19. The molecule has 0 saturated carbocycles. The number of methoxy groups -OCH3 is 1. The van der Waals surface area contributed by atoms with E-state index in [0.717, 1.165) is 16.8 Å². The summed E-state index contributed by atoms with van der Waals surface area (Å²) < 4.78 is 11.7. The lowest BCUT2D eigenvalue weighted by atomic mass is 10.1. The van der Waals surface area contributed by atoms with Crippen molar-refractivity contribution < 1.29 is 9.47 Å². The van der Waals surface area contributed by atoms with Gasteiger partial charge in [0.15, 0.2) is 11.5 Å². The molecule has 1 N–H and O–H groups in total. The van der Waals surface area contributed by atoms with Crippen LogP contribution in [0.15, 0.2) is 72.8 Å². The number of aryl methyl sites for hydroxylation is 2. The van der Waals surface area contributed by atoms with E-state index in [1.807, 2.05) is 30.3 Å². The van der Waals surface area contributed by atoms with Crippen molar-refractivity contribution in [2.45, 2.75) is 27.0 Å². The van der Waals surface area contributed by atoms with Crippen LogP contribution < -0.4 is 14.8 Å². The van der Waals surface area contributed by atoms with Crippen LogP contribution >= 0.6 is 11.6 Å². The predicted molar refractivity (Wildman–Crippen MR) is 130 cm³/mol. The van der Waals surface area contributed by atoms with Gasteiger partial charge in [-0.1, -0.05) is 60.1 Å². The highest BCUT2D eigenvalue weighted by Gasteiger charge is 2.13. The molecule has 0 radical (unpaired) electrons. The first-order valence-electron chi connectivity index (χ1n) is 10.3. The second-order valence-electron chi connectivity index (χ2n) is 7.69. The summed E-state index contributed by atoms with van der Waals surface area (Å²) in [6.45, 7) is 5.28. The van der Waals surface area contributed by atoms with Crippen LogP contribution in [-0.2, 0) is 13.2 Å². The lowest BCUT2D eigenvalue weighted by molar-refractivity contribution is 0.285. The Morgan fingerprint density at radius 1 is 0.871 bits per heavy atom. The van der Waals surface area contributed by atoms with E-state index < -0.39 is 0 Å². The molecule has 0 aliphatic heterocycles. The van der Waals surface area contributed by atoms with Gasteiger partial charge >= 0.3 is 0 Å². The van der Waals surface area contributed by atoms with Crippen LogP contribution in [0, 0.1) is 13.8 Å². The van der Waals surface area contributed by atoms with Gasteiger partial charge in [-0.15, -0.1) is 0 Å². The van der Waals surface area contributed by atoms with Crippen molar-refractivity contribution in [3.05, 3.63) is 100 Å². The highest BCUT2D eigenvalue weighted by molar-refractivity contribution is 6.32. The van der Waals surface area contributed by atoms with E-state index in [1.165, 1.54) is 21.9 Å². The van der Waals surface area contributed by atoms with Gasteiger partial charge in [-0.3, -0.25) is 0 Å². The van der Waals surface area contributed by atoms with Crippen molar-refractivity contribution in [3.63, 3.8) is 0 Å². The predicted octanol–water partition coefficient (Wildman–Crippen LogP) is 7.31. The Bertz CT molecular complexity index is 1210. The summed E-state index contributed by atoms with van der Waals surface area (Å²) in [5.41, 5.74) is 5.75. The van der Waals surface area contributed by atoms with Crippen molar-refractivity contribution in [1.29, 1.82) is 0 Å². The Morgan fingerprint density at radius 3 is 2.48 bits per heavy atom. The number of rotatable bonds is 7. The average Bonchev–Trinajstić information content (AvgIpc) is 2.78. The molecule has 4 aromatic rings. The molecule has 0 atom stereocenters. The number of hydrogen-bond acceptors (Lipinski definition) is 3. The summed E-state index contributed by atoms with van der Waals surface area (Å²) in [6.07, 6.45) is 0. The summed E-state index contributed by atoms with van der Waals surface area (Å²) in [6, 6.07) is 24.8. The fraction of sp³-hybridized carbons (Fsp3) is 0.185. The zero-order chi connectivity index (χ0) is 21.8. The molecule has 0 bridgehead atoms. The van der Waals surface area contributed by atoms with Crippen molar-refractivity contribution in [1.82, 2.24) is 0 Å². The molecule has 4 aromatic carbocycles. The van der Waals surface area contributed by atoms with E-state index in [-0.39, 0.29) is 0 Å². The van der Waals surface area contributed by atoms with E-state index in [1.54, 1.807) is 7.11 Å². The fourth-order valence-electron chi connectivity index (χ4n) is 3.64. The zero-order valence-electron chi connectivity index (χ0n) is 18.0. The monoisotopic (exact) mass is 431 g/mol. The molecule has 4 heteroatoms. The van der Waals surface area contributed by atoms with E-state index in [2.05, 4.69) is 61.6 Å². The molecule has 0 aliphatic rings. The van der Waals surface area contributed by atoms with Gasteiger partial charge in [0.05, 0.1) is 12.1 Å². The van der Waals surface area contributed by atoms with Crippen molar-refractivity contribution >= 4 is 28.1 Å². The van der Waals surface area contributed by atoms with E-state index in [4.69, 9.17) is 21.1 Å². The van der Waals surface area contributed by atoms with Crippen molar-refractivity contribution in [3.8, 4) is 11.5 Å². The Morgan fingerprint density at radius 2 is 1.68 bits per heavy atom. The van der Waals surface area contributed by atoms with Gasteiger partial charge in [-0.05, 0) is 71.1 Å². The minimum atomic E-state index is 0.414. The second kappa shape index (κ2) is 9.32. The van der Waals surface area contributed by atoms with Gasteiger partial charge in [0.25, 0.3) is 0 Å². The summed E-state index contributed by atoms with van der Waals surface area (Å²) in [5, 5.41) is 6.35. The topological polar surface area (TPSA) is 30.5 Å². The minimum Gasteiger partial charge on any atom is -0.493 e. The first-order chi connectivity index (χ1) is 15.0. The molecule has 0 aliphatic carbocycles. The molecule has 31 heavy (non-hydrogen) atoms. The van der Waals surface area contributed by atoms with Crippen LogP contribution in [-0.4, -0.2) is 7.11 Å². The SMILES string of the molecule is COc1cc(CNc2ccc(C)c(C)c2)cc(Cl)c1OCc1cccc2ccccc12. The average molecular weight is 432 g/mol. The second-order valence-corrected chi connectivity index (χ2v) is 8.10. The zero-order valence-corrected chi connectivity index (χ0v) is 18.8. The Kier molecular flexibility index (Phi) is 6.34. The molecule has 0 spiro atoms. The molecular formula is C27H26ClNO2. The van der Waals surface area contributed by atoms with Crippen molar-refractivity contribution in [2.24, 2.45) is 0 Å². The minimum absolute atomic E-state index is 0.414. The van der Waals surface area contributed by atoms with Crippen LogP contribution in [0.25, 0.3) is 10.8 Å². The normalized spacial score (nSPS) is 10.8. The fourth-order valence-corrected chi connectivity index (χ4v) is 3.93. The lowest BCUT2D eigenvalue weighted by Gasteiger charge is -2.16. The molecule has 0 aromatic heterocycles. The standard InChI is InChI=1S/C27H26ClNO2/c1-18-11-12-23(13-19(18)2)29-16-20-14-25(28)27(26(15-20)30-3)31-17-22-9-6-8-21-7-4-5-10-24(21)22/h4-15,29H,16-17H2,1-3H3. The molecule has 158 valence electrons. The smallest absolute Gasteiger partial charge is 0.180 e. The van der Waals surface area contributed by atoms with E-state index >= 15 is 0 Å². The quantitative estimate of drug-likeness (QED) is 0.332. The molecule has 0 fully saturated rings. The first kappa shape index (κ1) is 21.1. The third kappa shape index (κ3) is 4.78. The van der Waals surface area contributed by atoms with Crippen molar-refractivity contribution in [2.75, 3.05) is 12.4 Å². The summed E-state index contributed by atoms with van der Waals surface area (Å²) >= 11 is 6.59. The summed E-state index contributed by atoms with van der Waals surface area (Å²) in [7, 11) is 1.64. The van der Waals surface area contributed by atoms with E-state index in [9.17, 15) is 0 Å². The van der Waals surface area contributed by atoms with Crippen LogP contribution in [0.1, 0.15) is 22.3 Å². The molecule has 0 amide bonds. The number of ether oxygens (including phenoxy) is 2. The van der Waals surface area contributed by atoms with Gasteiger partial charge < -0.3 is 14.8 Å². The maximum atomic E-state index is 6.59. The van der Waals surface area contributed by atoms with Gasteiger partial charge in [0.2, 0.25) is 0 Å². The molecule has 0 saturated heterocycles. The molecule has 3 nitrogen and oxygen atoms in total. The maximum Gasteiger partial charge on any atom is 0.180 e. The van der Waals surface area contributed by atoms with Crippen LogP contribution in [0.5, 0.6) is 11.5 Å². The van der Waals surface area contributed by atoms with E-state index in [0.29, 0.717) is 29.7 Å². The van der Waals surface area contributed by atoms with Gasteiger partial charge in [0.1, 0.15) is 6.61 Å². The third-order valence-corrected chi connectivity index (χ3v) is 5.83. The number of halogens is 1. The number of fused-ring (bicyclic) bond motifs is 1. The Hall–Kier alpha value is -3.17. The number of benzene rings is 4. The third-order valence-electron chi connectivity index (χ3n) is 5.54. The van der Waals surface area contributed by atoms with Crippen LogP contribution in [0.4, 0.5) is 5.69 Å². The Labute approximate surface area is 188 Å². The van der Waals surface area contributed by atoms with Crippen LogP contribution in [0.2, 0.25) is 5.02 Å². The molecule has 4 rings (SSSR count). The number of nitrogens with one attached hydrogen (secondary N) is 1. The van der Waals surface area contributed by atoms with Gasteiger partial charge in [-0.2, -0.15) is 0 Å². The van der Waals surface area contributed by atoms with Crippen LogP contribution in [0.3, 0.4) is 0 Å². The largest absolute Gasteiger partial charge is 0.493 e. The molecule has 0 heterocycles. The molecule has 0 unspecified atom stereocenters. The highest BCUT2D eigenvalue weighted by atomic mass is 35.5. The van der Waals surface area contributed by atoms with Gasteiger partial charge in [0, 0.05) is 12.2 Å². The lowest BCUT2D eigenvalue weighted by Crippen LogP contribution is -2.03. The Balaban J connectivity index is 1.51. The van der Waals surface area contributed by atoms with Gasteiger partial charge in [-0.25, -0.2) is 0 Å². The number of anilines is 1.